The van der Waals surface area contributed by atoms with Gasteiger partial charge in [0.05, 0.1) is 34.1 Å². The molecule has 2 heterocycles. The Morgan fingerprint density at radius 2 is 1.64 bits per heavy atom. The second-order valence-corrected chi connectivity index (χ2v) is 13.9. The van der Waals surface area contributed by atoms with E-state index in [0.29, 0.717) is 53.6 Å². The molecule has 4 aromatic rings. The molecule has 1 fully saturated rings. The highest BCUT2D eigenvalue weighted by molar-refractivity contribution is 7.89. The quantitative estimate of drug-likeness (QED) is 0.282. The van der Waals surface area contributed by atoms with Crippen molar-refractivity contribution in [1.82, 2.24) is 18.8 Å². The lowest BCUT2D eigenvalue weighted by atomic mass is 9.87. The zero-order valence-corrected chi connectivity index (χ0v) is 26.1. The predicted octanol–water partition coefficient (Wildman–Crippen LogP) is 5.54. The van der Waals surface area contributed by atoms with E-state index in [4.69, 9.17) is 9.72 Å². The van der Waals surface area contributed by atoms with E-state index in [1.54, 1.807) is 27.1 Å². The fraction of sp³-hybridized carbons (Fsp3) is 0.394. The summed E-state index contributed by atoms with van der Waals surface area (Å²) in [6.07, 6.45) is 0. The maximum absolute atomic E-state index is 13.8. The highest BCUT2D eigenvalue weighted by Crippen LogP contribution is 2.30. The molecule has 1 aliphatic rings. The fourth-order valence-electron chi connectivity index (χ4n) is 5.64. The summed E-state index contributed by atoms with van der Waals surface area (Å²) in [6.45, 7) is 14.1. The summed E-state index contributed by atoms with van der Waals surface area (Å²) in [6, 6.07) is 21.6. The van der Waals surface area contributed by atoms with Gasteiger partial charge in [0.25, 0.3) is 5.56 Å². The molecule has 222 valence electrons. The Kier molecular flexibility index (Phi) is 8.29. The molecule has 2 unspecified atom stereocenters. The van der Waals surface area contributed by atoms with Crippen LogP contribution >= 0.6 is 0 Å². The SMILES string of the molecule is CCOc1ccc(-n2c(C(C)N3CCN(S(=O)(=O)c4ccc(C(C)(C)C)cc4)C(C)C3)nc3ccccc3c2=O)cc1. The largest absolute Gasteiger partial charge is 0.494 e. The lowest BCUT2D eigenvalue weighted by molar-refractivity contribution is 0.104. The lowest BCUT2D eigenvalue weighted by Crippen LogP contribution is -2.54. The van der Waals surface area contributed by atoms with Gasteiger partial charge >= 0.3 is 0 Å². The molecule has 42 heavy (non-hydrogen) atoms. The first-order valence-electron chi connectivity index (χ1n) is 14.5. The van der Waals surface area contributed by atoms with Gasteiger partial charge in [-0.2, -0.15) is 4.31 Å². The zero-order valence-electron chi connectivity index (χ0n) is 25.2. The second-order valence-electron chi connectivity index (χ2n) is 12.0. The van der Waals surface area contributed by atoms with Crippen molar-refractivity contribution in [1.29, 1.82) is 0 Å². The van der Waals surface area contributed by atoms with Crippen LogP contribution in [0.4, 0.5) is 0 Å². The van der Waals surface area contributed by atoms with Crippen molar-refractivity contribution >= 4 is 20.9 Å². The summed E-state index contributed by atoms with van der Waals surface area (Å²) in [7, 11) is -3.66. The average molecular weight is 589 g/mol. The molecule has 0 N–H and O–H groups in total. The summed E-state index contributed by atoms with van der Waals surface area (Å²) >= 11 is 0. The molecule has 1 saturated heterocycles. The Morgan fingerprint density at radius 3 is 2.26 bits per heavy atom. The third-order valence-corrected chi connectivity index (χ3v) is 10.1. The van der Waals surface area contributed by atoms with Crippen molar-refractivity contribution < 1.29 is 13.2 Å². The van der Waals surface area contributed by atoms with Gasteiger partial charge in [-0.25, -0.2) is 13.4 Å². The number of piperazine rings is 1. The monoisotopic (exact) mass is 588 g/mol. The Hall–Kier alpha value is -3.53. The van der Waals surface area contributed by atoms with Crippen LogP contribution in [0.25, 0.3) is 16.6 Å². The first kappa shape index (κ1) is 29.9. The Labute approximate surface area is 248 Å². The van der Waals surface area contributed by atoms with Crippen molar-refractivity contribution in [3.05, 3.63) is 94.5 Å². The normalized spacial score (nSPS) is 17.8. The Bertz CT molecular complexity index is 1730. The van der Waals surface area contributed by atoms with Gasteiger partial charge in [-0.15, -0.1) is 0 Å². The molecule has 1 aromatic heterocycles. The molecule has 0 saturated carbocycles. The van der Waals surface area contributed by atoms with Crippen LogP contribution in [0.2, 0.25) is 0 Å². The molecular formula is C33H40N4O4S. The number of ether oxygens (including phenoxy) is 1. The van der Waals surface area contributed by atoms with E-state index in [1.807, 2.05) is 75.4 Å². The van der Waals surface area contributed by atoms with E-state index in [2.05, 4.69) is 25.7 Å². The number of hydrogen-bond donors (Lipinski definition) is 0. The predicted molar refractivity (Wildman–Crippen MR) is 167 cm³/mol. The molecular weight excluding hydrogens is 548 g/mol. The minimum Gasteiger partial charge on any atom is -0.494 e. The van der Waals surface area contributed by atoms with E-state index in [0.717, 1.165) is 11.3 Å². The van der Waals surface area contributed by atoms with E-state index in [9.17, 15) is 13.2 Å². The Balaban J connectivity index is 1.45. The molecule has 0 aliphatic carbocycles. The van der Waals surface area contributed by atoms with Crippen molar-refractivity contribution in [2.45, 2.75) is 63.9 Å². The van der Waals surface area contributed by atoms with Crippen molar-refractivity contribution in [2.24, 2.45) is 0 Å². The van der Waals surface area contributed by atoms with Gasteiger partial charge in [-0.1, -0.05) is 45.0 Å². The van der Waals surface area contributed by atoms with Crippen LogP contribution in [-0.4, -0.2) is 59.5 Å². The van der Waals surface area contributed by atoms with Crippen LogP contribution in [0, 0.1) is 0 Å². The number of rotatable bonds is 7. The van der Waals surface area contributed by atoms with Crippen LogP contribution in [-0.2, 0) is 15.4 Å². The fourth-order valence-corrected chi connectivity index (χ4v) is 7.25. The van der Waals surface area contributed by atoms with Gasteiger partial charge in [-0.3, -0.25) is 14.3 Å². The van der Waals surface area contributed by atoms with E-state index >= 15 is 0 Å². The zero-order chi connectivity index (χ0) is 30.2. The molecule has 0 spiro atoms. The lowest BCUT2D eigenvalue weighted by Gasteiger charge is -2.41. The molecule has 0 amide bonds. The van der Waals surface area contributed by atoms with Crippen molar-refractivity contribution in [3.8, 4) is 11.4 Å². The summed E-state index contributed by atoms with van der Waals surface area (Å²) in [5.74, 6) is 1.35. The smallest absolute Gasteiger partial charge is 0.266 e. The van der Waals surface area contributed by atoms with E-state index < -0.39 is 10.0 Å². The van der Waals surface area contributed by atoms with Gasteiger partial charge in [0, 0.05) is 25.7 Å². The van der Waals surface area contributed by atoms with E-state index in [1.165, 1.54) is 0 Å². The number of nitrogens with zero attached hydrogens (tertiary/aromatic N) is 4. The Morgan fingerprint density at radius 1 is 0.976 bits per heavy atom. The third kappa shape index (κ3) is 5.73. The summed E-state index contributed by atoms with van der Waals surface area (Å²) in [5.41, 5.74) is 2.24. The van der Waals surface area contributed by atoms with Crippen LogP contribution in [0.5, 0.6) is 5.75 Å². The summed E-state index contributed by atoms with van der Waals surface area (Å²) < 4.78 is 36.2. The molecule has 8 nitrogen and oxygen atoms in total. The molecule has 5 rings (SSSR count). The molecule has 2 atom stereocenters. The molecule has 0 radical (unpaired) electrons. The number of aromatic nitrogens is 2. The minimum absolute atomic E-state index is 0.0553. The van der Waals surface area contributed by atoms with Crippen LogP contribution in [0.15, 0.2) is 82.5 Å². The number of fused-ring (bicyclic) bond motifs is 1. The number of sulfonamides is 1. The van der Waals surface area contributed by atoms with Crippen molar-refractivity contribution in [2.75, 3.05) is 26.2 Å². The number of para-hydroxylation sites is 1. The van der Waals surface area contributed by atoms with E-state index in [-0.39, 0.29) is 23.1 Å². The first-order valence-corrected chi connectivity index (χ1v) is 16.0. The van der Waals surface area contributed by atoms with Gasteiger partial charge in [0.1, 0.15) is 11.6 Å². The maximum atomic E-state index is 13.8. The standard InChI is InChI=1S/C33H40N4O4S/c1-7-41-27-16-14-26(15-17-27)37-31(34-30-11-9-8-10-29(30)32(37)38)24(3)35-20-21-36(23(2)22-35)42(39,40)28-18-12-25(13-19-28)33(4,5)6/h8-19,23-24H,7,20-22H2,1-6H3. The van der Waals surface area contributed by atoms with Gasteiger partial charge in [0.2, 0.25) is 10.0 Å². The van der Waals surface area contributed by atoms with Gasteiger partial charge in [0.15, 0.2) is 0 Å². The second kappa shape index (κ2) is 11.6. The molecule has 1 aliphatic heterocycles. The van der Waals surface area contributed by atoms with Gasteiger partial charge < -0.3 is 4.74 Å². The number of hydrogen-bond acceptors (Lipinski definition) is 6. The number of benzene rings is 3. The maximum Gasteiger partial charge on any atom is 0.266 e. The third-order valence-electron chi connectivity index (χ3n) is 8.05. The minimum atomic E-state index is -3.66. The highest BCUT2D eigenvalue weighted by Gasteiger charge is 2.36. The summed E-state index contributed by atoms with van der Waals surface area (Å²) in [5, 5.41) is 0.545. The van der Waals surface area contributed by atoms with Crippen LogP contribution in [0.1, 0.15) is 59.0 Å². The summed E-state index contributed by atoms with van der Waals surface area (Å²) in [4.78, 5) is 21.3. The van der Waals surface area contributed by atoms with Gasteiger partial charge in [-0.05, 0) is 80.3 Å². The molecule has 0 bridgehead atoms. The van der Waals surface area contributed by atoms with Crippen LogP contribution in [0.3, 0.4) is 0 Å². The molecule has 3 aromatic carbocycles. The van der Waals surface area contributed by atoms with Crippen LogP contribution < -0.4 is 10.3 Å². The topological polar surface area (TPSA) is 84.7 Å². The first-order chi connectivity index (χ1) is 19.9. The molecule has 9 heteroatoms. The van der Waals surface area contributed by atoms with Crippen molar-refractivity contribution in [3.63, 3.8) is 0 Å². The average Bonchev–Trinajstić information content (AvgIpc) is 2.97. The highest BCUT2D eigenvalue weighted by atomic mass is 32.2.